The third-order valence-corrected chi connectivity index (χ3v) is 3.50. The second kappa shape index (κ2) is 4.72. The summed E-state index contributed by atoms with van der Waals surface area (Å²) in [6, 6.07) is -0.968. The molecule has 92 valence electrons. The van der Waals surface area contributed by atoms with Gasteiger partial charge in [-0.3, -0.25) is 0 Å². The maximum Gasteiger partial charge on any atom is 0.326 e. The van der Waals surface area contributed by atoms with Gasteiger partial charge in [0.05, 0.1) is 0 Å². The molecule has 0 spiro atoms. The Morgan fingerprint density at radius 3 is 2.12 bits per heavy atom. The first-order valence-corrected chi connectivity index (χ1v) is 5.59. The Labute approximate surface area is 96.0 Å². The van der Waals surface area contributed by atoms with Gasteiger partial charge in [0.25, 0.3) is 0 Å². The van der Waals surface area contributed by atoms with Gasteiger partial charge in [0.15, 0.2) is 0 Å². The second-order valence-corrected chi connectivity index (χ2v) is 4.77. The predicted molar refractivity (Wildman–Crippen MR) is 60.2 cm³/mol. The van der Waals surface area contributed by atoms with Crippen molar-refractivity contribution in [3.05, 3.63) is 0 Å². The Kier molecular flexibility index (Phi) is 3.78. The second-order valence-electron chi connectivity index (χ2n) is 4.77. The Hall–Kier alpha value is -1.26. The van der Waals surface area contributed by atoms with Crippen LogP contribution < -0.4 is 0 Å². The van der Waals surface area contributed by atoms with E-state index in [0.29, 0.717) is 11.8 Å². The summed E-state index contributed by atoms with van der Waals surface area (Å²) in [6.45, 7) is 7.17. The number of carboxylic acid groups (broad SMARTS) is 1. The highest BCUT2D eigenvalue weighted by molar-refractivity contribution is 5.82. The van der Waals surface area contributed by atoms with Crippen molar-refractivity contribution in [1.29, 1.82) is 0 Å². The number of likely N-dealkylation sites (N-methyl/N-ethyl adjacent to an activating group) is 1. The van der Waals surface area contributed by atoms with Crippen LogP contribution in [0.1, 0.15) is 20.8 Å². The molecule has 1 rings (SSSR count). The molecule has 1 fully saturated rings. The van der Waals surface area contributed by atoms with E-state index < -0.39 is 12.0 Å². The van der Waals surface area contributed by atoms with Crippen LogP contribution >= 0.6 is 0 Å². The van der Waals surface area contributed by atoms with E-state index in [9.17, 15) is 9.59 Å². The molecular weight excluding hydrogens is 208 g/mol. The van der Waals surface area contributed by atoms with E-state index in [1.165, 1.54) is 18.9 Å². The molecule has 0 aromatic carbocycles. The van der Waals surface area contributed by atoms with Gasteiger partial charge in [-0.1, -0.05) is 13.8 Å². The van der Waals surface area contributed by atoms with E-state index in [1.807, 2.05) is 0 Å². The number of hydrogen-bond acceptors (Lipinski definition) is 2. The van der Waals surface area contributed by atoms with E-state index in [1.54, 1.807) is 4.90 Å². The molecule has 16 heavy (non-hydrogen) atoms. The number of amides is 2. The molecule has 5 nitrogen and oxygen atoms in total. The summed E-state index contributed by atoms with van der Waals surface area (Å²) in [5.41, 5.74) is 0. The molecular formula is C11H20N2O3. The van der Waals surface area contributed by atoms with Crippen molar-refractivity contribution in [2.75, 3.05) is 20.1 Å². The quantitative estimate of drug-likeness (QED) is 0.770. The van der Waals surface area contributed by atoms with Crippen LogP contribution in [0, 0.1) is 11.8 Å². The van der Waals surface area contributed by atoms with Crippen LogP contribution in [-0.4, -0.2) is 53.1 Å². The van der Waals surface area contributed by atoms with Crippen LogP contribution in [0.5, 0.6) is 0 Å². The number of hydrogen-bond donors (Lipinski definition) is 1. The zero-order chi connectivity index (χ0) is 12.5. The van der Waals surface area contributed by atoms with Crippen molar-refractivity contribution in [2.24, 2.45) is 11.8 Å². The zero-order valence-electron chi connectivity index (χ0n) is 10.3. The SMILES string of the molecule is CC1CN(C(=O)N(C)C(C)C(=O)O)CC1C. The van der Waals surface area contributed by atoms with E-state index in [2.05, 4.69) is 13.8 Å². The molecule has 0 aromatic heterocycles. The average molecular weight is 228 g/mol. The lowest BCUT2D eigenvalue weighted by atomic mass is 10.0. The molecule has 0 aliphatic carbocycles. The number of urea groups is 1. The lowest BCUT2D eigenvalue weighted by Crippen LogP contribution is -2.47. The number of likely N-dealkylation sites (tertiary alicyclic amines) is 1. The van der Waals surface area contributed by atoms with Crippen LogP contribution in [0.3, 0.4) is 0 Å². The van der Waals surface area contributed by atoms with E-state index >= 15 is 0 Å². The van der Waals surface area contributed by atoms with Gasteiger partial charge < -0.3 is 14.9 Å². The summed E-state index contributed by atoms with van der Waals surface area (Å²) in [4.78, 5) is 25.8. The van der Waals surface area contributed by atoms with Crippen LogP contribution in [0.25, 0.3) is 0 Å². The molecule has 0 radical (unpaired) electrons. The highest BCUT2D eigenvalue weighted by Crippen LogP contribution is 2.23. The fourth-order valence-electron chi connectivity index (χ4n) is 1.84. The standard InChI is InChI=1S/C11H20N2O3/c1-7-5-13(6-8(7)2)11(16)12(4)9(3)10(14)15/h7-9H,5-6H2,1-4H3,(H,14,15). The van der Waals surface area contributed by atoms with Gasteiger partial charge in [-0.2, -0.15) is 0 Å². The summed E-state index contributed by atoms with van der Waals surface area (Å²) in [7, 11) is 1.54. The third kappa shape index (κ3) is 2.46. The predicted octanol–water partition coefficient (Wildman–Crippen LogP) is 1.10. The average Bonchev–Trinajstić information content (AvgIpc) is 2.55. The highest BCUT2D eigenvalue weighted by atomic mass is 16.4. The minimum Gasteiger partial charge on any atom is -0.480 e. The first-order chi connectivity index (χ1) is 7.34. The monoisotopic (exact) mass is 228 g/mol. The molecule has 5 heteroatoms. The summed E-state index contributed by atoms with van der Waals surface area (Å²) >= 11 is 0. The smallest absolute Gasteiger partial charge is 0.326 e. The molecule has 3 unspecified atom stereocenters. The molecule has 1 N–H and O–H groups in total. The fourth-order valence-corrected chi connectivity index (χ4v) is 1.84. The van der Waals surface area contributed by atoms with Crippen molar-refractivity contribution in [2.45, 2.75) is 26.8 Å². The molecule has 2 amide bonds. The lowest BCUT2D eigenvalue weighted by Gasteiger charge is -2.27. The number of aliphatic carboxylic acids is 1. The van der Waals surface area contributed by atoms with Crippen molar-refractivity contribution in [1.82, 2.24) is 9.80 Å². The number of carbonyl (C=O) groups excluding carboxylic acids is 1. The largest absolute Gasteiger partial charge is 0.480 e. The Morgan fingerprint density at radius 2 is 1.75 bits per heavy atom. The molecule has 0 bridgehead atoms. The molecule has 1 aliphatic heterocycles. The maximum atomic E-state index is 12.0. The molecule has 0 saturated carbocycles. The van der Waals surface area contributed by atoms with Crippen LogP contribution in [0.15, 0.2) is 0 Å². The molecule has 0 aromatic rings. The van der Waals surface area contributed by atoms with Crippen LogP contribution in [0.2, 0.25) is 0 Å². The topological polar surface area (TPSA) is 60.9 Å². The van der Waals surface area contributed by atoms with Gasteiger partial charge in [0.1, 0.15) is 6.04 Å². The first-order valence-electron chi connectivity index (χ1n) is 5.59. The minimum atomic E-state index is -0.976. The first kappa shape index (κ1) is 12.8. The summed E-state index contributed by atoms with van der Waals surface area (Å²) < 4.78 is 0. The molecule has 1 heterocycles. The van der Waals surface area contributed by atoms with Crippen molar-refractivity contribution in [3.8, 4) is 0 Å². The van der Waals surface area contributed by atoms with Gasteiger partial charge in [0.2, 0.25) is 0 Å². The van der Waals surface area contributed by atoms with Crippen LogP contribution in [0.4, 0.5) is 4.79 Å². The normalized spacial score (nSPS) is 26.6. The Morgan fingerprint density at radius 1 is 1.31 bits per heavy atom. The van der Waals surface area contributed by atoms with Gasteiger partial charge in [-0.25, -0.2) is 9.59 Å². The zero-order valence-corrected chi connectivity index (χ0v) is 10.3. The highest BCUT2D eigenvalue weighted by Gasteiger charge is 2.33. The van der Waals surface area contributed by atoms with Gasteiger partial charge in [0, 0.05) is 20.1 Å². The van der Waals surface area contributed by atoms with Crippen molar-refractivity contribution < 1.29 is 14.7 Å². The maximum absolute atomic E-state index is 12.0. The number of carbonyl (C=O) groups is 2. The minimum absolute atomic E-state index is 0.189. The fraction of sp³-hybridized carbons (Fsp3) is 0.818. The lowest BCUT2D eigenvalue weighted by molar-refractivity contribution is -0.141. The summed E-state index contributed by atoms with van der Waals surface area (Å²) in [5, 5.41) is 8.84. The molecule has 1 saturated heterocycles. The number of carboxylic acids is 1. The van der Waals surface area contributed by atoms with Gasteiger partial charge in [-0.05, 0) is 18.8 Å². The molecule has 3 atom stereocenters. The summed E-state index contributed by atoms with van der Waals surface area (Å²) in [6.07, 6.45) is 0. The Bertz CT molecular complexity index is 283. The van der Waals surface area contributed by atoms with E-state index in [4.69, 9.17) is 5.11 Å². The van der Waals surface area contributed by atoms with E-state index in [0.717, 1.165) is 13.1 Å². The van der Waals surface area contributed by atoms with Crippen molar-refractivity contribution in [3.63, 3.8) is 0 Å². The van der Waals surface area contributed by atoms with Gasteiger partial charge in [-0.15, -0.1) is 0 Å². The van der Waals surface area contributed by atoms with Crippen molar-refractivity contribution >= 4 is 12.0 Å². The number of nitrogens with zero attached hydrogens (tertiary/aromatic N) is 2. The third-order valence-electron chi connectivity index (χ3n) is 3.50. The van der Waals surface area contributed by atoms with Crippen LogP contribution in [-0.2, 0) is 4.79 Å². The van der Waals surface area contributed by atoms with E-state index in [-0.39, 0.29) is 6.03 Å². The molecule has 1 aliphatic rings. The Balaban J connectivity index is 2.62. The van der Waals surface area contributed by atoms with Gasteiger partial charge >= 0.3 is 12.0 Å². The number of rotatable bonds is 2. The summed E-state index contributed by atoms with van der Waals surface area (Å²) in [5.74, 6) is -0.00823.